The number of fused-ring (bicyclic) bond motifs is 1. The minimum atomic E-state index is -3.68. The molecule has 10 heteroatoms. The number of benzene rings is 1. The van der Waals surface area contributed by atoms with Crippen LogP contribution in [-0.4, -0.2) is 62.9 Å². The van der Waals surface area contributed by atoms with E-state index in [9.17, 15) is 16.8 Å². The van der Waals surface area contributed by atoms with Gasteiger partial charge in [0.25, 0.3) is 0 Å². The van der Waals surface area contributed by atoms with Crippen LogP contribution in [0.4, 0.5) is 0 Å². The lowest BCUT2D eigenvalue weighted by atomic mass is 10.3. The Bertz CT molecular complexity index is 941. The minimum Gasteiger partial charge on any atom is -0.441 e. The molecule has 1 aromatic heterocycles. The van der Waals surface area contributed by atoms with E-state index >= 15 is 0 Å². The van der Waals surface area contributed by atoms with Gasteiger partial charge < -0.3 is 4.42 Å². The molecule has 23 heavy (non-hydrogen) atoms. The first-order valence-corrected chi connectivity index (χ1v) is 10.3. The molecule has 8 nitrogen and oxygen atoms in total. The molecule has 1 fully saturated rings. The van der Waals surface area contributed by atoms with E-state index in [1.165, 1.54) is 20.7 Å². The summed E-state index contributed by atoms with van der Waals surface area (Å²) in [5, 5.41) is 0. The Morgan fingerprint density at radius 1 is 1.04 bits per heavy atom. The van der Waals surface area contributed by atoms with Crippen LogP contribution in [0, 0.1) is 6.92 Å². The molecule has 2 aromatic rings. The molecule has 0 amide bonds. The predicted molar refractivity (Wildman–Crippen MR) is 83.9 cm³/mol. The van der Waals surface area contributed by atoms with Gasteiger partial charge in [-0.25, -0.2) is 21.8 Å². The van der Waals surface area contributed by atoms with Crippen molar-refractivity contribution in [2.24, 2.45) is 0 Å². The largest absolute Gasteiger partial charge is 0.441 e. The molecule has 0 aliphatic carbocycles. The quantitative estimate of drug-likeness (QED) is 0.786. The van der Waals surface area contributed by atoms with Crippen LogP contribution in [0.1, 0.15) is 5.89 Å². The van der Waals surface area contributed by atoms with Gasteiger partial charge in [-0.2, -0.15) is 8.61 Å². The predicted octanol–water partition coefficient (Wildman–Crippen LogP) is 0.402. The van der Waals surface area contributed by atoms with Crippen LogP contribution in [0.2, 0.25) is 0 Å². The molecule has 0 atom stereocenters. The van der Waals surface area contributed by atoms with Crippen LogP contribution in [-0.2, 0) is 20.0 Å². The number of aryl methyl sites for hydroxylation is 1. The highest BCUT2D eigenvalue weighted by molar-refractivity contribution is 7.89. The first-order chi connectivity index (χ1) is 10.7. The van der Waals surface area contributed by atoms with Crippen molar-refractivity contribution in [2.45, 2.75) is 11.8 Å². The van der Waals surface area contributed by atoms with Crippen molar-refractivity contribution in [3.63, 3.8) is 0 Å². The van der Waals surface area contributed by atoms with E-state index in [1.807, 2.05) is 0 Å². The molecular formula is C13H17N3O5S2. The third-order valence-corrected chi connectivity index (χ3v) is 6.97. The van der Waals surface area contributed by atoms with Crippen LogP contribution in [0.15, 0.2) is 27.5 Å². The summed E-state index contributed by atoms with van der Waals surface area (Å²) >= 11 is 0. The molecule has 2 heterocycles. The highest BCUT2D eigenvalue weighted by Crippen LogP contribution is 2.23. The Morgan fingerprint density at radius 3 is 2.26 bits per heavy atom. The maximum Gasteiger partial charge on any atom is 0.243 e. The molecule has 0 radical (unpaired) electrons. The summed E-state index contributed by atoms with van der Waals surface area (Å²) in [6.45, 7) is 2.27. The highest BCUT2D eigenvalue weighted by atomic mass is 32.2. The van der Waals surface area contributed by atoms with Crippen molar-refractivity contribution < 1.29 is 21.3 Å². The van der Waals surface area contributed by atoms with Gasteiger partial charge >= 0.3 is 0 Å². The van der Waals surface area contributed by atoms with Gasteiger partial charge in [0.15, 0.2) is 11.5 Å². The van der Waals surface area contributed by atoms with Crippen molar-refractivity contribution in [1.82, 2.24) is 13.6 Å². The van der Waals surface area contributed by atoms with Crippen molar-refractivity contribution in [3.05, 3.63) is 24.1 Å². The minimum absolute atomic E-state index is 0.130. The van der Waals surface area contributed by atoms with Crippen molar-refractivity contribution in [1.29, 1.82) is 0 Å². The van der Waals surface area contributed by atoms with Crippen LogP contribution in [0.3, 0.4) is 0 Å². The van der Waals surface area contributed by atoms with Gasteiger partial charge in [0.05, 0.1) is 11.2 Å². The van der Waals surface area contributed by atoms with E-state index in [0.29, 0.717) is 17.0 Å². The Labute approximate surface area is 134 Å². The van der Waals surface area contributed by atoms with E-state index < -0.39 is 20.0 Å². The van der Waals surface area contributed by atoms with Gasteiger partial charge in [0.1, 0.15) is 5.52 Å². The Morgan fingerprint density at radius 2 is 1.65 bits per heavy atom. The third-order valence-electron chi connectivity index (χ3n) is 3.77. The van der Waals surface area contributed by atoms with Gasteiger partial charge in [-0.15, -0.1) is 0 Å². The average Bonchev–Trinajstić information content (AvgIpc) is 2.85. The van der Waals surface area contributed by atoms with Crippen molar-refractivity contribution in [2.75, 3.05) is 32.4 Å². The Hall–Kier alpha value is -1.49. The summed E-state index contributed by atoms with van der Waals surface area (Å²) in [6, 6.07) is 4.53. The number of nitrogens with zero attached hydrogens (tertiary/aromatic N) is 3. The number of piperazine rings is 1. The molecule has 0 saturated carbocycles. The molecular weight excluding hydrogens is 342 g/mol. The van der Waals surface area contributed by atoms with Crippen LogP contribution < -0.4 is 0 Å². The normalized spacial score (nSPS) is 18.5. The SMILES string of the molecule is Cc1nc2cc(S(=O)(=O)N3CCN(S(C)(=O)=O)CC3)ccc2o1. The van der Waals surface area contributed by atoms with Gasteiger partial charge in [0, 0.05) is 33.1 Å². The Kier molecular flexibility index (Phi) is 3.95. The second-order valence-corrected chi connectivity index (χ2v) is 9.35. The van der Waals surface area contributed by atoms with Gasteiger partial charge in [0.2, 0.25) is 20.0 Å². The van der Waals surface area contributed by atoms with E-state index in [4.69, 9.17) is 4.42 Å². The molecule has 1 saturated heterocycles. The second kappa shape index (κ2) is 5.55. The maximum atomic E-state index is 12.7. The van der Waals surface area contributed by atoms with Crippen LogP contribution in [0.25, 0.3) is 11.1 Å². The van der Waals surface area contributed by atoms with E-state index in [2.05, 4.69) is 4.98 Å². The number of hydrogen-bond acceptors (Lipinski definition) is 6. The second-order valence-electron chi connectivity index (χ2n) is 5.43. The van der Waals surface area contributed by atoms with Crippen molar-refractivity contribution in [3.8, 4) is 0 Å². The molecule has 0 unspecified atom stereocenters. The first-order valence-electron chi connectivity index (χ1n) is 7.00. The summed E-state index contributed by atoms with van der Waals surface area (Å²) in [5.41, 5.74) is 1.02. The number of sulfonamides is 2. The number of aromatic nitrogens is 1. The maximum absolute atomic E-state index is 12.7. The zero-order chi connectivity index (χ0) is 16.8. The molecule has 0 bridgehead atoms. The van der Waals surface area contributed by atoms with Crippen LogP contribution >= 0.6 is 0 Å². The molecule has 1 aromatic carbocycles. The first kappa shape index (κ1) is 16.4. The zero-order valence-corrected chi connectivity index (χ0v) is 14.4. The van der Waals surface area contributed by atoms with Gasteiger partial charge in [-0.1, -0.05) is 0 Å². The van der Waals surface area contributed by atoms with E-state index in [1.54, 1.807) is 13.0 Å². The summed E-state index contributed by atoms with van der Waals surface area (Å²) in [4.78, 5) is 4.27. The topological polar surface area (TPSA) is 101 Å². The smallest absolute Gasteiger partial charge is 0.243 e. The summed E-state index contributed by atoms with van der Waals surface area (Å²) in [5.74, 6) is 0.469. The third kappa shape index (κ3) is 3.11. The van der Waals surface area contributed by atoms with Gasteiger partial charge in [-0.3, -0.25) is 0 Å². The van der Waals surface area contributed by atoms with Crippen molar-refractivity contribution >= 4 is 31.1 Å². The fourth-order valence-corrected chi connectivity index (χ4v) is 4.84. The molecule has 3 rings (SSSR count). The lowest BCUT2D eigenvalue weighted by molar-refractivity contribution is 0.274. The zero-order valence-electron chi connectivity index (χ0n) is 12.8. The summed E-state index contributed by atoms with van der Waals surface area (Å²) in [6.07, 6.45) is 1.12. The lowest BCUT2D eigenvalue weighted by Crippen LogP contribution is -2.50. The molecule has 0 spiro atoms. The standard InChI is InChI=1S/C13H17N3O5S2/c1-10-14-12-9-11(3-4-13(12)21-10)23(19,20)16-7-5-15(6-8-16)22(2,17)18/h3-4,9H,5-8H2,1-2H3. The van der Waals surface area contributed by atoms with Crippen LogP contribution in [0.5, 0.6) is 0 Å². The molecule has 0 N–H and O–H groups in total. The number of hydrogen-bond donors (Lipinski definition) is 0. The van der Waals surface area contributed by atoms with E-state index in [-0.39, 0.29) is 31.1 Å². The fourth-order valence-electron chi connectivity index (χ4n) is 2.57. The summed E-state index contributed by atoms with van der Waals surface area (Å²) in [7, 11) is -6.98. The number of oxazole rings is 1. The average molecular weight is 359 g/mol. The summed E-state index contributed by atoms with van der Waals surface area (Å²) < 4.78 is 56.3. The lowest BCUT2D eigenvalue weighted by Gasteiger charge is -2.32. The monoisotopic (exact) mass is 359 g/mol. The highest BCUT2D eigenvalue weighted by Gasteiger charge is 2.31. The fraction of sp³-hybridized carbons (Fsp3) is 0.462. The van der Waals surface area contributed by atoms with E-state index in [0.717, 1.165) is 6.26 Å². The molecule has 1 aliphatic rings. The number of rotatable bonds is 3. The molecule has 126 valence electrons. The molecule has 1 aliphatic heterocycles. The van der Waals surface area contributed by atoms with Gasteiger partial charge in [-0.05, 0) is 18.2 Å². The Balaban J connectivity index is 1.86.